The lowest BCUT2D eigenvalue weighted by atomic mass is 9.84. The van der Waals surface area contributed by atoms with Crippen LogP contribution in [0.5, 0.6) is 0 Å². The first-order valence-electron chi connectivity index (χ1n) is 6.27. The quantitative estimate of drug-likeness (QED) is 0.759. The molecule has 0 unspecified atom stereocenters. The fourth-order valence-corrected chi connectivity index (χ4v) is 2.78. The molecule has 1 aromatic rings. The van der Waals surface area contributed by atoms with Crippen LogP contribution in [0, 0.1) is 11.2 Å². The third-order valence-corrected chi connectivity index (χ3v) is 4.81. The Bertz CT molecular complexity index is 441. The second-order valence-corrected chi connectivity index (χ2v) is 5.77. The zero-order valence-electron chi connectivity index (χ0n) is 11.1. The second-order valence-electron chi connectivity index (χ2n) is 4.65. The summed E-state index contributed by atoms with van der Waals surface area (Å²) in [5, 5.41) is 2.88. The summed E-state index contributed by atoms with van der Waals surface area (Å²) in [6.07, 6.45) is 1.80. The first kappa shape index (κ1) is 16.4. The molecule has 0 bridgehead atoms. The Morgan fingerprint density at radius 3 is 2.53 bits per heavy atom. The highest BCUT2D eigenvalue weighted by molar-refractivity contribution is 9.10. The van der Waals surface area contributed by atoms with Crippen LogP contribution in [-0.4, -0.2) is 18.3 Å². The van der Waals surface area contributed by atoms with Crippen LogP contribution in [0.25, 0.3) is 0 Å². The predicted octanol–water partition coefficient (Wildman–Crippen LogP) is 4.36. The number of rotatable bonds is 6. The van der Waals surface area contributed by atoms with Crippen molar-refractivity contribution >= 4 is 33.4 Å². The van der Waals surface area contributed by atoms with Gasteiger partial charge in [0.15, 0.2) is 0 Å². The standard InChI is InChI=1S/C14H18BrClFNO/c1-3-14(4-2,8-16)9-18-13(19)11-6-5-10(17)7-12(11)15/h5-7H,3-4,8-9H2,1-2H3,(H,18,19). The van der Waals surface area contributed by atoms with E-state index in [1.165, 1.54) is 18.2 Å². The van der Waals surface area contributed by atoms with E-state index >= 15 is 0 Å². The molecule has 1 amide bonds. The molecule has 0 spiro atoms. The maximum Gasteiger partial charge on any atom is 0.252 e. The van der Waals surface area contributed by atoms with Crippen LogP contribution in [0.4, 0.5) is 4.39 Å². The Kier molecular flexibility index (Phi) is 6.27. The molecule has 1 aromatic carbocycles. The molecule has 106 valence electrons. The van der Waals surface area contributed by atoms with E-state index < -0.39 is 0 Å². The molecule has 0 radical (unpaired) electrons. The highest BCUT2D eigenvalue weighted by Crippen LogP contribution is 2.27. The summed E-state index contributed by atoms with van der Waals surface area (Å²) < 4.78 is 13.4. The number of alkyl halides is 1. The zero-order valence-corrected chi connectivity index (χ0v) is 13.4. The molecule has 0 aromatic heterocycles. The Morgan fingerprint density at radius 1 is 1.42 bits per heavy atom. The minimum Gasteiger partial charge on any atom is -0.351 e. The van der Waals surface area contributed by atoms with Crippen molar-refractivity contribution in [3.63, 3.8) is 0 Å². The lowest BCUT2D eigenvalue weighted by Crippen LogP contribution is -2.38. The van der Waals surface area contributed by atoms with Gasteiger partial charge in [-0.25, -0.2) is 4.39 Å². The maximum absolute atomic E-state index is 13.0. The van der Waals surface area contributed by atoms with Crippen LogP contribution in [0.15, 0.2) is 22.7 Å². The molecule has 0 fully saturated rings. The highest BCUT2D eigenvalue weighted by atomic mass is 79.9. The van der Waals surface area contributed by atoms with Crippen LogP contribution in [-0.2, 0) is 0 Å². The van der Waals surface area contributed by atoms with E-state index in [1.807, 2.05) is 0 Å². The molecule has 0 aliphatic carbocycles. The number of carbonyl (C=O) groups excluding carboxylic acids is 1. The minimum atomic E-state index is -0.374. The summed E-state index contributed by atoms with van der Waals surface area (Å²) >= 11 is 9.19. The third kappa shape index (κ3) is 4.18. The van der Waals surface area contributed by atoms with E-state index in [0.29, 0.717) is 22.5 Å². The van der Waals surface area contributed by atoms with E-state index in [9.17, 15) is 9.18 Å². The van der Waals surface area contributed by atoms with Gasteiger partial charge in [0, 0.05) is 22.3 Å². The summed E-state index contributed by atoms with van der Waals surface area (Å²) in [4.78, 5) is 12.1. The molecule has 1 rings (SSSR count). The van der Waals surface area contributed by atoms with Crippen molar-refractivity contribution in [2.24, 2.45) is 5.41 Å². The topological polar surface area (TPSA) is 29.1 Å². The fraction of sp³-hybridized carbons (Fsp3) is 0.500. The summed E-state index contributed by atoms with van der Waals surface area (Å²) in [6.45, 7) is 4.64. The van der Waals surface area contributed by atoms with Gasteiger partial charge in [-0.05, 0) is 47.0 Å². The van der Waals surface area contributed by atoms with Crippen molar-refractivity contribution in [2.75, 3.05) is 12.4 Å². The molecule has 0 heterocycles. The van der Waals surface area contributed by atoms with Crippen molar-refractivity contribution in [3.8, 4) is 0 Å². The van der Waals surface area contributed by atoms with Gasteiger partial charge in [0.2, 0.25) is 0 Å². The van der Waals surface area contributed by atoms with Gasteiger partial charge < -0.3 is 5.32 Å². The molecule has 5 heteroatoms. The van der Waals surface area contributed by atoms with Crippen molar-refractivity contribution < 1.29 is 9.18 Å². The molecule has 19 heavy (non-hydrogen) atoms. The smallest absolute Gasteiger partial charge is 0.252 e. The number of amides is 1. The average Bonchev–Trinajstić information content (AvgIpc) is 2.40. The number of hydrogen-bond donors (Lipinski definition) is 1. The lowest BCUT2D eigenvalue weighted by Gasteiger charge is -2.29. The zero-order chi connectivity index (χ0) is 14.5. The fourth-order valence-electron chi connectivity index (χ4n) is 1.77. The van der Waals surface area contributed by atoms with Gasteiger partial charge in [-0.1, -0.05) is 13.8 Å². The molecule has 1 N–H and O–H groups in total. The van der Waals surface area contributed by atoms with Crippen molar-refractivity contribution in [1.29, 1.82) is 0 Å². The SMILES string of the molecule is CCC(CC)(CCl)CNC(=O)c1ccc(F)cc1Br. The van der Waals surface area contributed by atoms with Crippen molar-refractivity contribution in [3.05, 3.63) is 34.1 Å². The summed E-state index contributed by atoms with van der Waals surface area (Å²) in [7, 11) is 0. The van der Waals surface area contributed by atoms with Crippen molar-refractivity contribution in [2.45, 2.75) is 26.7 Å². The first-order chi connectivity index (χ1) is 8.98. The van der Waals surface area contributed by atoms with Crippen LogP contribution < -0.4 is 5.32 Å². The molecular formula is C14H18BrClFNO. The number of halogens is 3. The third-order valence-electron chi connectivity index (χ3n) is 3.58. The second kappa shape index (κ2) is 7.25. The van der Waals surface area contributed by atoms with E-state index in [0.717, 1.165) is 12.8 Å². The van der Waals surface area contributed by atoms with Gasteiger partial charge in [0.05, 0.1) is 5.56 Å². The van der Waals surface area contributed by atoms with E-state index in [-0.39, 0.29) is 17.1 Å². The van der Waals surface area contributed by atoms with Crippen molar-refractivity contribution in [1.82, 2.24) is 5.32 Å². The minimum absolute atomic E-state index is 0.0796. The van der Waals surface area contributed by atoms with Gasteiger partial charge in [-0.3, -0.25) is 4.79 Å². The molecule has 0 atom stereocenters. The van der Waals surface area contributed by atoms with E-state index in [4.69, 9.17) is 11.6 Å². The van der Waals surface area contributed by atoms with Crippen LogP contribution in [0.2, 0.25) is 0 Å². The predicted molar refractivity (Wildman–Crippen MR) is 80.2 cm³/mol. The summed E-state index contributed by atoms with van der Waals surface area (Å²) in [6, 6.07) is 4.02. The Labute approximate surface area is 126 Å². The monoisotopic (exact) mass is 349 g/mol. The van der Waals surface area contributed by atoms with Crippen LogP contribution in [0.3, 0.4) is 0 Å². The Hall–Kier alpha value is -0.610. The van der Waals surface area contributed by atoms with Crippen LogP contribution in [0.1, 0.15) is 37.0 Å². The van der Waals surface area contributed by atoms with Gasteiger partial charge in [0.1, 0.15) is 5.82 Å². The molecule has 0 saturated carbocycles. The summed E-state index contributed by atoms with van der Waals surface area (Å²) in [5.74, 6) is -0.0888. The molecule has 0 aliphatic rings. The molecule has 2 nitrogen and oxygen atoms in total. The normalized spacial score (nSPS) is 11.4. The highest BCUT2D eigenvalue weighted by Gasteiger charge is 2.26. The summed E-state index contributed by atoms with van der Waals surface area (Å²) in [5.41, 5.74) is 0.348. The average molecular weight is 351 g/mol. The number of hydrogen-bond acceptors (Lipinski definition) is 1. The van der Waals surface area contributed by atoms with Crippen LogP contribution >= 0.6 is 27.5 Å². The molecule has 0 saturated heterocycles. The van der Waals surface area contributed by atoms with E-state index in [1.54, 1.807) is 0 Å². The Balaban J connectivity index is 2.75. The number of carbonyl (C=O) groups is 1. The number of benzene rings is 1. The number of nitrogens with one attached hydrogen (secondary N) is 1. The maximum atomic E-state index is 13.0. The van der Waals surface area contributed by atoms with Gasteiger partial charge >= 0.3 is 0 Å². The van der Waals surface area contributed by atoms with E-state index in [2.05, 4.69) is 35.1 Å². The van der Waals surface area contributed by atoms with Gasteiger partial charge in [0.25, 0.3) is 5.91 Å². The van der Waals surface area contributed by atoms with Gasteiger partial charge in [-0.2, -0.15) is 0 Å². The first-order valence-corrected chi connectivity index (χ1v) is 7.60. The van der Waals surface area contributed by atoms with Gasteiger partial charge in [-0.15, -0.1) is 11.6 Å². The largest absolute Gasteiger partial charge is 0.351 e. The molecular weight excluding hydrogens is 333 g/mol. The Morgan fingerprint density at radius 2 is 2.05 bits per heavy atom. The molecule has 0 aliphatic heterocycles. The lowest BCUT2D eigenvalue weighted by molar-refractivity contribution is 0.0931.